The minimum absolute atomic E-state index is 0.0444. The first-order valence-corrected chi connectivity index (χ1v) is 6.80. The molecule has 1 aliphatic heterocycles. The Kier molecular flexibility index (Phi) is 5.15. The highest BCUT2D eigenvalue weighted by Crippen LogP contribution is 2.16. The topological polar surface area (TPSA) is 83.5 Å². The van der Waals surface area contributed by atoms with Gasteiger partial charge in [-0.1, -0.05) is 23.2 Å². The maximum Gasteiger partial charge on any atom is 0.321 e. The largest absolute Gasteiger partial charge is 0.395 e. The normalized spacial score (nSPS) is 17.6. The van der Waals surface area contributed by atoms with Crippen LogP contribution in [0.4, 0.5) is 9.93 Å². The number of carbonyl (C=O) groups excluding carboxylic acids is 1. The molecule has 1 saturated heterocycles. The van der Waals surface area contributed by atoms with Crippen molar-refractivity contribution in [2.24, 2.45) is 0 Å². The van der Waals surface area contributed by atoms with Gasteiger partial charge in [-0.25, -0.2) is 9.78 Å². The number of ether oxygens (including phenoxy) is 1. The first kappa shape index (κ1) is 13.8. The van der Waals surface area contributed by atoms with Crippen molar-refractivity contribution < 1.29 is 14.6 Å². The fourth-order valence-corrected chi connectivity index (χ4v) is 2.25. The van der Waals surface area contributed by atoms with Gasteiger partial charge in [0.1, 0.15) is 0 Å². The fourth-order valence-electron chi connectivity index (χ4n) is 1.56. The van der Waals surface area contributed by atoms with Crippen LogP contribution in [0.25, 0.3) is 0 Å². The lowest BCUT2D eigenvalue weighted by Gasteiger charge is -2.09. The van der Waals surface area contributed by atoms with Gasteiger partial charge >= 0.3 is 6.03 Å². The molecule has 102 valence electrons. The SMILES string of the molecule is O=C(Nc1ncc(C#CCCO)s1)NC1CCOC1. The summed E-state index contributed by atoms with van der Waals surface area (Å²) in [6.45, 7) is 1.29. The summed E-state index contributed by atoms with van der Waals surface area (Å²) in [6.07, 6.45) is 2.87. The van der Waals surface area contributed by atoms with Crippen molar-refractivity contribution in [1.82, 2.24) is 10.3 Å². The summed E-state index contributed by atoms with van der Waals surface area (Å²) in [4.78, 5) is 16.5. The molecule has 3 N–H and O–H groups in total. The number of hydrogen-bond acceptors (Lipinski definition) is 5. The Hall–Kier alpha value is -1.62. The zero-order valence-corrected chi connectivity index (χ0v) is 11.1. The molecule has 0 aromatic carbocycles. The van der Waals surface area contributed by atoms with Gasteiger partial charge in [0.25, 0.3) is 0 Å². The van der Waals surface area contributed by atoms with Crippen molar-refractivity contribution in [2.45, 2.75) is 18.9 Å². The summed E-state index contributed by atoms with van der Waals surface area (Å²) >= 11 is 1.30. The lowest BCUT2D eigenvalue weighted by Crippen LogP contribution is -2.38. The Morgan fingerprint density at radius 3 is 3.32 bits per heavy atom. The van der Waals surface area contributed by atoms with Gasteiger partial charge in [0.15, 0.2) is 5.13 Å². The van der Waals surface area contributed by atoms with Crippen LogP contribution in [0, 0.1) is 11.8 Å². The number of aromatic nitrogens is 1. The average molecular weight is 281 g/mol. The number of aliphatic hydroxyl groups is 1. The number of aliphatic hydroxyl groups excluding tert-OH is 1. The first-order valence-electron chi connectivity index (χ1n) is 5.99. The van der Waals surface area contributed by atoms with Crippen LogP contribution in [0.15, 0.2) is 6.20 Å². The van der Waals surface area contributed by atoms with Crippen molar-refractivity contribution >= 4 is 22.5 Å². The second-order valence-electron chi connectivity index (χ2n) is 3.96. The molecule has 1 unspecified atom stereocenters. The predicted octanol–water partition coefficient (Wildman–Crippen LogP) is 0.787. The van der Waals surface area contributed by atoms with Crippen molar-refractivity contribution in [2.75, 3.05) is 25.1 Å². The van der Waals surface area contributed by atoms with E-state index >= 15 is 0 Å². The Balaban J connectivity index is 1.82. The van der Waals surface area contributed by atoms with Gasteiger partial charge in [0.05, 0.1) is 30.3 Å². The number of nitrogens with zero attached hydrogens (tertiary/aromatic N) is 1. The monoisotopic (exact) mass is 281 g/mol. The molecule has 0 bridgehead atoms. The summed E-state index contributed by atoms with van der Waals surface area (Å²) in [6, 6.07) is -0.205. The van der Waals surface area contributed by atoms with E-state index in [0.717, 1.165) is 11.3 Å². The fraction of sp³-hybridized carbons (Fsp3) is 0.500. The van der Waals surface area contributed by atoms with Gasteiger partial charge in [-0.3, -0.25) is 5.32 Å². The molecule has 1 aromatic rings. The average Bonchev–Trinajstić information content (AvgIpc) is 3.02. The van der Waals surface area contributed by atoms with Gasteiger partial charge in [-0.15, -0.1) is 0 Å². The lowest BCUT2D eigenvalue weighted by molar-refractivity contribution is 0.189. The third-order valence-electron chi connectivity index (χ3n) is 2.44. The quantitative estimate of drug-likeness (QED) is 0.715. The number of hydrogen-bond donors (Lipinski definition) is 3. The highest BCUT2D eigenvalue weighted by molar-refractivity contribution is 7.16. The molecule has 6 nitrogen and oxygen atoms in total. The number of nitrogens with one attached hydrogen (secondary N) is 2. The molecule has 19 heavy (non-hydrogen) atoms. The summed E-state index contributed by atoms with van der Waals surface area (Å²) in [5.41, 5.74) is 0. The van der Waals surface area contributed by atoms with Crippen molar-refractivity contribution in [3.63, 3.8) is 0 Å². The molecule has 0 radical (unpaired) electrons. The van der Waals surface area contributed by atoms with E-state index in [0.29, 0.717) is 24.8 Å². The molecule has 0 aliphatic carbocycles. The van der Waals surface area contributed by atoms with Crippen molar-refractivity contribution in [1.29, 1.82) is 0 Å². The highest BCUT2D eigenvalue weighted by atomic mass is 32.1. The Bertz CT molecular complexity index is 486. The van der Waals surface area contributed by atoms with Gasteiger partial charge in [-0.2, -0.15) is 0 Å². The summed E-state index contributed by atoms with van der Waals surface area (Å²) < 4.78 is 5.17. The van der Waals surface area contributed by atoms with Gasteiger partial charge in [-0.05, 0) is 6.42 Å². The van der Waals surface area contributed by atoms with Gasteiger partial charge in [0.2, 0.25) is 0 Å². The van der Waals surface area contributed by atoms with Crippen molar-refractivity contribution in [3.8, 4) is 11.8 Å². The highest BCUT2D eigenvalue weighted by Gasteiger charge is 2.18. The van der Waals surface area contributed by atoms with Gasteiger partial charge in [0, 0.05) is 13.0 Å². The smallest absolute Gasteiger partial charge is 0.321 e. The van der Waals surface area contributed by atoms with Crippen LogP contribution in [0.2, 0.25) is 0 Å². The van der Waals surface area contributed by atoms with E-state index in [1.165, 1.54) is 11.3 Å². The van der Waals surface area contributed by atoms with Crippen LogP contribution in [0.5, 0.6) is 0 Å². The molecule has 1 fully saturated rings. The molecule has 7 heteroatoms. The first-order chi connectivity index (χ1) is 9.28. The summed E-state index contributed by atoms with van der Waals surface area (Å²) in [7, 11) is 0. The number of urea groups is 1. The zero-order chi connectivity index (χ0) is 13.5. The molecular formula is C12H15N3O3S. The number of rotatable bonds is 3. The maximum atomic E-state index is 11.7. The zero-order valence-electron chi connectivity index (χ0n) is 10.3. The molecule has 2 rings (SSSR count). The van der Waals surface area contributed by atoms with Crippen LogP contribution in [0.3, 0.4) is 0 Å². The summed E-state index contributed by atoms with van der Waals surface area (Å²) in [5, 5.41) is 14.6. The predicted molar refractivity (Wildman–Crippen MR) is 72.1 cm³/mol. The molecule has 2 amide bonds. The number of carbonyl (C=O) groups is 1. The van der Waals surface area contributed by atoms with Crippen molar-refractivity contribution in [3.05, 3.63) is 11.1 Å². The third-order valence-corrected chi connectivity index (χ3v) is 3.27. The van der Waals surface area contributed by atoms with Crippen LogP contribution in [-0.2, 0) is 4.74 Å². The minimum atomic E-state index is -0.278. The Labute approximate surface area is 115 Å². The van der Waals surface area contributed by atoms with Crippen LogP contribution in [0.1, 0.15) is 17.7 Å². The number of anilines is 1. The van der Waals surface area contributed by atoms with E-state index < -0.39 is 0 Å². The maximum absolute atomic E-state index is 11.7. The molecule has 1 aromatic heterocycles. The Morgan fingerprint density at radius 1 is 1.68 bits per heavy atom. The molecule has 1 aliphatic rings. The van der Waals surface area contributed by atoms with Crippen LogP contribution >= 0.6 is 11.3 Å². The second kappa shape index (κ2) is 7.09. The lowest BCUT2D eigenvalue weighted by atomic mass is 10.3. The van der Waals surface area contributed by atoms with Crippen LogP contribution in [-0.4, -0.2) is 42.0 Å². The molecule has 0 saturated carbocycles. The van der Waals surface area contributed by atoms with E-state index in [4.69, 9.17) is 9.84 Å². The van der Waals surface area contributed by atoms with E-state index in [1.54, 1.807) is 6.20 Å². The van der Waals surface area contributed by atoms with Crippen LogP contribution < -0.4 is 10.6 Å². The molecule has 2 heterocycles. The van der Waals surface area contributed by atoms with E-state index in [-0.39, 0.29) is 18.7 Å². The number of thiazole rings is 1. The summed E-state index contributed by atoms with van der Waals surface area (Å²) in [5.74, 6) is 5.67. The Morgan fingerprint density at radius 2 is 2.58 bits per heavy atom. The van der Waals surface area contributed by atoms with E-state index in [9.17, 15) is 4.79 Å². The van der Waals surface area contributed by atoms with Gasteiger partial charge < -0.3 is 15.2 Å². The second-order valence-corrected chi connectivity index (χ2v) is 4.99. The third kappa shape index (κ3) is 4.52. The minimum Gasteiger partial charge on any atom is -0.395 e. The molecular weight excluding hydrogens is 266 g/mol. The van der Waals surface area contributed by atoms with E-state index in [1.807, 2.05) is 0 Å². The van der Waals surface area contributed by atoms with E-state index in [2.05, 4.69) is 27.5 Å². The molecule has 1 atom stereocenters. The molecule has 0 spiro atoms. The number of amides is 2. The standard InChI is InChI=1S/C12H15N3O3S/c16-5-2-1-3-10-7-13-12(19-10)15-11(17)14-9-4-6-18-8-9/h7,9,16H,2,4-6,8H2,(H2,13,14,15,17).